The van der Waals surface area contributed by atoms with Gasteiger partial charge in [-0.1, -0.05) is 38.5 Å². The maximum absolute atomic E-state index is 13.8. The lowest BCUT2D eigenvalue weighted by Crippen LogP contribution is -2.34. The molecule has 0 aromatic heterocycles. The lowest BCUT2D eigenvalue weighted by atomic mass is 10.00. The van der Waals surface area contributed by atoms with Gasteiger partial charge in [0.1, 0.15) is 5.82 Å². The molecule has 1 saturated carbocycles. The first-order valence-electron chi connectivity index (χ1n) is 6.72. The van der Waals surface area contributed by atoms with Crippen LogP contribution in [0.5, 0.6) is 0 Å². The Morgan fingerprint density at radius 1 is 1.35 bits per heavy atom. The van der Waals surface area contributed by atoms with Crippen LogP contribution in [0.4, 0.5) is 4.39 Å². The summed E-state index contributed by atoms with van der Waals surface area (Å²) in [7, 11) is 0. The lowest BCUT2D eigenvalue weighted by molar-refractivity contribution is 0.363. The Labute approximate surface area is 103 Å². The summed E-state index contributed by atoms with van der Waals surface area (Å²) in [5, 5.41) is 3.63. The largest absolute Gasteiger partial charge is 0.307 e. The minimum Gasteiger partial charge on any atom is -0.307 e. The standard InChI is InChI=1S/C15H22FN/c1-3-14(12-8-4-5-9-13(12)16)17-15-10-6-7-11(15)2/h4-5,8-9,11,14-15,17H,3,6-7,10H2,1-2H3. The molecule has 0 bridgehead atoms. The Morgan fingerprint density at radius 2 is 2.12 bits per heavy atom. The predicted octanol–water partition coefficient (Wildman–Crippen LogP) is 4.06. The molecule has 1 aliphatic rings. The fourth-order valence-corrected chi connectivity index (χ4v) is 2.84. The normalized spacial score (nSPS) is 26.1. The molecule has 1 aliphatic carbocycles. The molecule has 3 atom stereocenters. The highest BCUT2D eigenvalue weighted by Gasteiger charge is 2.26. The summed E-state index contributed by atoms with van der Waals surface area (Å²) in [5.74, 6) is 0.633. The average molecular weight is 235 g/mol. The van der Waals surface area contributed by atoms with Crippen LogP contribution in [-0.4, -0.2) is 6.04 Å². The first kappa shape index (κ1) is 12.6. The van der Waals surface area contributed by atoms with E-state index in [2.05, 4.69) is 19.2 Å². The van der Waals surface area contributed by atoms with E-state index in [-0.39, 0.29) is 11.9 Å². The maximum Gasteiger partial charge on any atom is 0.127 e. The van der Waals surface area contributed by atoms with Crippen LogP contribution in [0.3, 0.4) is 0 Å². The second-order valence-electron chi connectivity index (χ2n) is 5.16. The third kappa shape index (κ3) is 2.86. The van der Waals surface area contributed by atoms with Crippen molar-refractivity contribution < 1.29 is 4.39 Å². The van der Waals surface area contributed by atoms with E-state index >= 15 is 0 Å². The quantitative estimate of drug-likeness (QED) is 0.830. The molecule has 1 aromatic rings. The minimum absolute atomic E-state index is 0.0856. The number of halogens is 1. The first-order valence-corrected chi connectivity index (χ1v) is 6.72. The second-order valence-corrected chi connectivity index (χ2v) is 5.16. The molecule has 0 aliphatic heterocycles. The molecule has 0 amide bonds. The van der Waals surface area contributed by atoms with Gasteiger partial charge >= 0.3 is 0 Å². The molecule has 0 heterocycles. The van der Waals surface area contributed by atoms with E-state index < -0.39 is 0 Å². The molecule has 2 heteroatoms. The highest BCUT2D eigenvalue weighted by Crippen LogP contribution is 2.29. The van der Waals surface area contributed by atoms with Crippen LogP contribution in [0.25, 0.3) is 0 Å². The summed E-state index contributed by atoms with van der Waals surface area (Å²) >= 11 is 0. The van der Waals surface area contributed by atoms with Crippen LogP contribution in [0.2, 0.25) is 0 Å². The average Bonchev–Trinajstić information content (AvgIpc) is 2.73. The summed E-state index contributed by atoms with van der Waals surface area (Å²) in [6, 6.07) is 7.83. The van der Waals surface area contributed by atoms with E-state index in [1.54, 1.807) is 12.1 Å². The number of hydrogen-bond donors (Lipinski definition) is 1. The van der Waals surface area contributed by atoms with Gasteiger partial charge in [-0.05, 0) is 31.2 Å². The molecular weight excluding hydrogens is 213 g/mol. The van der Waals surface area contributed by atoms with Gasteiger partial charge in [0.25, 0.3) is 0 Å². The molecule has 1 N–H and O–H groups in total. The van der Waals surface area contributed by atoms with Gasteiger partial charge in [-0.2, -0.15) is 0 Å². The van der Waals surface area contributed by atoms with Gasteiger partial charge in [0.15, 0.2) is 0 Å². The summed E-state index contributed by atoms with van der Waals surface area (Å²) < 4.78 is 13.8. The predicted molar refractivity (Wildman–Crippen MR) is 69.4 cm³/mol. The van der Waals surface area contributed by atoms with Crippen molar-refractivity contribution >= 4 is 0 Å². The van der Waals surface area contributed by atoms with Gasteiger partial charge in [0.05, 0.1) is 0 Å². The molecular formula is C15H22FN. The Hall–Kier alpha value is -0.890. The molecule has 0 saturated heterocycles. The van der Waals surface area contributed by atoms with Crippen LogP contribution in [0.1, 0.15) is 51.1 Å². The van der Waals surface area contributed by atoms with Crippen LogP contribution >= 0.6 is 0 Å². The molecule has 2 rings (SSSR count). The fraction of sp³-hybridized carbons (Fsp3) is 0.600. The van der Waals surface area contributed by atoms with Gasteiger partial charge in [-0.15, -0.1) is 0 Å². The summed E-state index contributed by atoms with van der Waals surface area (Å²) in [6.07, 6.45) is 4.76. The van der Waals surface area contributed by atoms with Crippen LogP contribution in [-0.2, 0) is 0 Å². The molecule has 0 spiro atoms. The molecule has 17 heavy (non-hydrogen) atoms. The Kier molecular flexibility index (Phi) is 4.16. The second kappa shape index (κ2) is 5.63. The van der Waals surface area contributed by atoms with E-state index in [9.17, 15) is 4.39 Å². The summed E-state index contributed by atoms with van der Waals surface area (Å²) in [4.78, 5) is 0. The maximum atomic E-state index is 13.8. The van der Waals surface area contributed by atoms with Gasteiger partial charge in [0, 0.05) is 17.6 Å². The summed E-state index contributed by atoms with van der Waals surface area (Å²) in [6.45, 7) is 4.41. The van der Waals surface area contributed by atoms with Crippen molar-refractivity contribution in [3.05, 3.63) is 35.6 Å². The highest BCUT2D eigenvalue weighted by atomic mass is 19.1. The van der Waals surface area contributed by atoms with E-state index in [0.717, 1.165) is 17.9 Å². The zero-order valence-corrected chi connectivity index (χ0v) is 10.7. The molecule has 1 aromatic carbocycles. The number of nitrogens with one attached hydrogen (secondary N) is 1. The monoisotopic (exact) mass is 235 g/mol. The van der Waals surface area contributed by atoms with Crippen molar-refractivity contribution in [3.63, 3.8) is 0 Å². The van der Waals surface area contributed by atoms with Gasteiger partial charge in [-0.25, -0.2) is 4.39 Å². The number of benzene rings is 1. The van der Waals surface area contributed by atoms with Crippen molar-refractivity contribution in [1.29, 1.82) is 0 Å². The molecule has 0 radical (unpaired) electrons. The molecule has 1 nitrogen and oxygen atoms in total. The van der Waals surface area contributed by atoms with E-state index in [1.807, 2.05) is 12.1 Å². The minimum atomic E-state index is -0.0856. The SMILES string of the molecule is CCC(NC1CCCC1C)c1ccccc1F. The van der Waals surface area contributed by atoms with Crippen LogP contribution in [0.15, 0.2) is 24.3 Å². The molecule has 1 fully saturated rings. The van der Waals surface area contributed by atoms with Gasteiger partial charge in [-0.3, -0.25) is 0 Å². The van der Waals surface area contributed by atoms with Crippen LogP contribution in [0, 0.1) is 11.7 Å². The smallest absolute Gasteiger partial charge is 0.127 e. The Morgan fingerprint density at radius 3 is 2.71 bits per heavy atom. The molecule has 94 valence electrons. The zero-order valence-electron chi connectivity index (χ0n) is 10.7. The lowest BCUT2D eigenvalue weighted by Gasteiger charge is -2.25. The zero-order chi connectivity index (χ0) is 12.3. The number of rotatable bonds is 4. The van der Waals surface area contributed by atoms with Gasteiger partial charge in [0.2, 0.25) is 0 Å². The van der Waals surface area contributed by atoms with Crippen molar-refractivity contribution in [2.24, 2.45) is 5.92 Å². The van der Waals surface area contributed by atoms with Crippen molar-refractivity contribution in [3.8, 4) is 0 Å². The third-order valence-electron chi connectivity index (χ3n) is 3.97. The first-order chi connectivity index (χ1) is 8.22. The van der Waals surface area contributed by atoms with E-state index in [1.165, 1.54) is 19.3 Å². The highest BCUT2D eigenvalue weighted by molar-refractivity contribution is 5.21. The Bertz CT molecular complexity index is 364. The molecule has 3 unspecified atom stereocenters. The van der Waals surface area contributed by atoms with Crippen molar-refractivity contribution in [1.82, 2.24) is 5.32 Å². The van der Waals surface area contributed by atoms with E-state index in [4.69, 9.17) is 0 Å². The van der Waals surface area contributed by atoms with Crippen molar-refractivity contribution in [2.75, 3.05) is 0 Å². The Balaban J connectivity index is 2.09. The van der Waals surface area contributed by atoms with Gasteiger partial charge < -0.3 is 5.32 Å². The fourth-order valence-electron chi connectivity index (χ4n) is 2.84. The van der Waals surface area contributed by atoms with Crippen molar-refractivity contribution in [2.45, 2.75) is 51.6 Å². The summed E-state index contributed by atoms with van der Waals surface area (Å²) in [5.41, 5.74) is 0.814. The van der Waals surface area contributed by atoms with Crippen LogP contribution < -0.4 is 5.32 Å². The number of hydrogen-bond acceptors (Lipinski definition) is 1. The third-order valence-corrected chi connectivity index (χ3v) is 3.97. The topological polar surface area (TPSA) is 12.0 Å². The van der Waals surface area contributed by atoms with E-state index in [0.29, 0.717) is 6.04 Å².